The normalized spacial score (nSPS) is 11.2. The van der Waals surface area contributed by atoms with Gasteiger partial charge in [0.2, 0.25) is 11.5 Å². The molecule has 1 N–H and O–H groups in total. The average molecular weight is 500 g/mol. The first-order valence-electron chi connectivity index (χ1n) is 11.6. The highest BCUT2D eigenvalue weighted by molar-refractivity contribution is 7.99. The molecular formula is C28H25N3O4S. The predicted molar refractivity (Wildman–Crippen MR) is 144 cm³/mol. The summed E-state index contributed by atoms with van der Waals surface area (Å²) in [5, 5.41) is 4.11. The first-order chi connectivity index (χ1) is 17.4. The molecule has 0 atom stereocenters. The maximum atomic E-state index is 13.6. The standard InChI is InChI=1S/C28H25N3O4S/c1-4-34-20-12-10-19(11-13-20)31-27(33)26-25(21-7-5-6-8-23(21)35-26)30-28(31)36-16-24(32)29-22-14-9-17(2)15-18(22)3/h5-15H,4,16H2,1-3H3,(H,29,32). The topological polar surface area (TPSA) is 86.4 Å². The van der Waals surface area contributed by atoms with Crippen LogP contribution in [-0.2, 0) is 4.79 Å². The highest BCUT2D eigenvalue weighted by Crippen LogP contribution is 2.29. The Morgan fingerprint density at radius 2 is 1.86 bits per heavy atom. The van der Waals surface area contributed by atoms with Crippen molar-refractivity contribution in [3.8, 4) is 11.4 Å². The van der Waals surface area contributed by atoms with Crippen LogP contribution in [0.4, 0.5) is 5.69 Å². The molecule has 1 amide bonds. The van der Waals surface area contributed by atoms with E-state index >= 15 is 0 Å². The van der Waals surface area contributed by atoms with Crippen molar-refractivity contribution >= 4 is 45.4 Å². The largest absolute Gasteiger partial charge is 0.494 e. The molecule has 0 aliphatic heterocycles. The number of carbonyl (C=O) groups excluding carboxylic acids is 1. The molecule has 0 bridgehead atoms. The molecule has 7 nitrogen and oxygen atoms in total. The van der Waals surface area contributed by atoms with Gasteiger partial charge in [0.1, 0.15) is 16.8 Å². The fourth-order valence-electron chi connectivity index (χ4n) is 4.07. The lowest BCUT2D eigenvalue weighted by Gasteiger charge is -2.13. The van der Waals surface area contributed by atoms with Gasteiger partial charge in [0.15, 0.2) is 5.16 Å². The molecule has 0 aliphatic carbocycles. The van der Waals surface area contributed by atoms with E-state index in [0.29, 0.717) is 34.3 Å². The van der Waals surface area contributed by atoms with Crippen molar-refractivity contribution in [1.82, 2.24) is 9.55 Å². The van der Waals surface area contributed by atoms with Crippen molar-refractivity contribution in [3.05, 3.63) is 88.2 Å². The lowest BCUT2D eigenvalue weighted by Crippen LogP contribution is -2.22. The van der Waals surface area contributed by atoms with Crippen molar-refractivity contribution in [2.24, 2.45) is 0 Å². The number of benzene rings is 3. The zero-order valence-electron chi connectivity index (χ0n) is 20.2. The number of hydrogen-bond donors (Lipinski definition) is 1. The van der Waals surface area contributed by atoms with Crippen molar-refractivity contribution in [3.63, 3.8) is 0 Å². The number of anilines is 1. The monoisotopic (exact) mass is 499 g/mol. The molecule has 0 spiro atoms. The predicted octanol–water partition coefficient (Wildman–Crippen LogP) is 5.88. The van der Waals surface area contributed by atoms with Crippen LogP contribution in [0.15, 0.2) is 81.1 Å². The zero-order chi connectivity index (χ0) is 25.2. The third-order valence-corrected chi connectivity index (χ3v) is 6.70. The number of aromatic nitrogens is 2. The summed E-state index contributed by atoms with van der Waals surface area (Å²) in [6, 6.07) is 20.5. The lowest BCUT2D eigenvalue weighted by molar-refractivity contribution is -0.113. The number of hydrogen-bond acceptors (Lipinski definition) is 6. The fraction of sp³-hybridized carbons (Fsp3) is 0.179. The second kappa shape index (κ2) is 9.91. The van der Waals surface area contributed by atoms with Gasteiger partial charge in [0.25, 0.3) is 0 Å². The van der Waals surface area contributed by atoms with E-state index in [1.165, 1.54) is 16.3 Å². The minimum absolute atomic E-state index is 0.0814. The quantitative estimate of drug-likeness (QED) is 0.222. The molecule has 0 radical (unpaired) electrons. The van der Waals surface area contributed by atoms with Crippen LogP contribution in [0.2, 0.25) is 0 Å². The van der Waals surface area contributed by atoms with Crippen molar-refractivity contribution < 1.29 is 13.9 Å². The van der Waals surface area contributed by atoms with Crippen molar-refractivity contribution in [1.29, 1.82) is 0 Å². The van der Waals surface area contributed by atoms with Gasteiger partial charge in [-0.05, 0) is 68.8 Å². The first kappa shape index (κ1) is 23.7. The van der Waals surface area contributed by atoms with Gasteiger partial charge in [0.05, 0.1) is 18.0 Å². The minimum Gasteiger partial charge on any atom is -0.494 e. The van der Waals surface area contributed by atoms with E-state index in [0.717, 1.165) is 22.2 Å². The lowest BCUT2D eigenvalue weighted by atomic mass is 10.1. The maximum absolute atomic E-state index is 13.6. The van der Waals surface area contributed by atoms with Gasteiger partial charge in [-0.15, -0.1) is 0 Å². The van der Waals surface area contributed by atoms with E-state index < -0.39 is 0 Å². The molecule has 2 aromatic heterocycles. The van der Waals surface area contributed by atoms with E-state index in [9.17, 15) is 9.59 Å². The molecule has 3 aromatic carbocycles. The van der Waals surface area contributed by atoms with Gasteiger partial charge >= 0.3 is 5.56 Å². The smallest absolute Gasteiger partial charge is 0.302 e. The number of carbonyl (C=O) groups is 1. The second-order valence-corrected chi connectivity index (χ2v) is 9.34. The molecule has 0 aliphatic rings. The van der Waals surface area contributed by atoms with E-state index in [4.69, 9.17) is 14.1 Å². The van der Waals surface area contributed by atoms with E-state index in [2.05, 4.69) is 5.32 Å². The Bertz CT molecular complexity index is 1640. The number of rotatable bonds is 7. The van der Waals surface area contributed by atoms with Crippen LogP contribution in [0.5, 0.6) is 5.75 Å². The van der Waals surface area contributed by atoms with Crippen LogP contribution in [-0.4, -0.2) is 27.8 Å². The molecule has 0 unspecified atom stereocenters. The SMILES string of the molecule is CCOc1ccc(-n2c(SCC(=O)Nc3ccc(C)cc3C)nc3c(oc4ccccc43)c2=O)cc1. The Labute approximate surface area is 212 Å². The summed E-state index contributed by atoms with van der Waals surface area (Å²) >= 11 is 1.20. The van der Waals surface area contributed by atoms with Crippen LogP contribution in [0.25, 0.3) is 27.8 Å². The summed E-state index contributed by atoms with van der Waals surface area (Å²) in [6.45, 7) is 6.42. The third-order valence-electron chi connectivity index (χ3n) is 5.76. The number of fused-ring (bicyclic) bond motifs is 3. The first-order valence-corrected chi connectivity index (χ1v) is 12.6. The molecular weight excluding hydrogens is 474 g/mol. The summed E-state index contributed by atoms with van der Waals surface area (Å²) in [7, 11) is 0. The van der Waals surface area contributed by atoms with E-state index in [1.807, 2.05) is 63.2 Å². The Balaban J connectivity index is 1.53. The number of amides is 1. The van der Waals surface area contributed by atoms with Gasteiger partial charge in [0, 0.05) is 11.1 Å². The van der Waals surface area contributed by atoms with Crippen LogP contribution in [0, 0.1) is 13.8 Å². The van der Waals surface area contributed by atoms with Crippen LogP contribution in [0.3, 0.4) is 0 Å². The highest BCUT2D eigenvalue weighted by Gasteiger charge is 2.20. The van der Waals surface area contributed by atoms with Gasteiger partial charge < -0.3 is 14.5 Å². The van der Waals surface area contributed by atoms with Gasteiger partial charge in [-0.25, -0.2) is 4.98 Å². The number of aryl methyl sites for hydroxylation is 2. The highest BCUT2D eigenvalue weighted by atomic mass is 32.2. The number of nitrogens with zero attached hydrogens (tertiary/aromatic N) is 2. The van der Waals surface area contributed by atoms with Gasteiger partial charge in [-0.2, -0.15) is 0 Å². The number of para-hydroxylation sites is 1. The summed E-state index contributed by atoms with van der Waals surface area (Å²) < 4.78 is 12.9. The maximum Gasteiger partial charge on any atom is 0.302 e. The van der Waals surface area contributed by atoms with E-state index in [1.54, 1.807) is 24.3 Å². The fourth-order valence-corrected chi connectivity index (χ4v) is 4.88. The van der Waals surface area contributed by atoms with Crippen LogP contribution >= 0.6 is 11.8 Å². The molecule has 182 valence electrons. The molecule has 36 heavy (non-hydrogen) atoms. The van der Waals surface area contributed by atoms with Crippen molar-refractivity contribution in [2.45, 2.75) is 25.9 Å². The minimum atomic E-state index is -0.336. The number of nitrogens with one attached hydrogen (secondary N) is 1. The Hall–Kier alpha value is -4.04. The Morgan fingerprint density at radius 3 is 2.61 bits per heavy atom. The van der Waals surface area contributed by atoms with Crippen molar-refractivity contribution in [2.75, 3.05) is 17.7 Å². The molecule has 2 heterocycles. The molecule has 8 heteroatoms. The molecule has 5 rings (SSSR count). The number of ether oxygens (including phenoxy) is 1. The van der Waals surface area contributed by atoms with Crippen LogP contribution < -0.4 is 15.6 Å². The Morgan fingerprint density at radius 1 is 1.08 bits per heavy atom. The van der Waals surface area contributed by atoms with Crippen LogP contribution in [0.1, 0.15) is 18.1 Å². The molecule has 0 saturated heterocycles. The zero-order valence-corrected chi connectivity index (χ0v) is 21.0. The number of thioether (sulfide) groups is 1. The summed E-state index contributed by atoms with van der Waals surface area (Å²) in [5.41, 5.74) is 4.40. The Kier molecular flexibility index (Phi) is 6.52. The van der Waals surface area contributed by atoms with Gasteiger partial charge in [-0.3, -0.25) is 14.2 Å². The third kappa shape index (κ3) is 4.59. The summed E-state index contributed by atoms with van der Waals surface area (Å²) in [6.07, 6.45) is 0. The van der Waals surface area contributed by atoms with Gasteiger partial charge in [-0.1, -0.05) is 41.6 Å². The molecule has 0 saturated carbocycles. The molecule has 5 aromatic rings. The molecule has 0 fully saturated rings. The number of furan rings is 1. The second-order valence-electron chi connectivity index (χ2n) is 8.39. The average Bonchev–Trinajstić information content (AvgIpc) is 3.25. The summed E-state index contributed by atoms with van der Waals surface area (Å²) in [4.78, 5) is 31.2. The van der Waals surface area contributed by atoms with E-state index in [-0.39, 0.29) is 22.8 Å². The summed E-state index contributed by atoms with van der Waals surface area (Å²) in [5.74, 6) is 0.601.